The Morgan fingerprint density at radius 1 is 1.33 bits per heavy atom. The van der Waals surface area contributed by atoms with E-state index >= 15 is 0 Å². The van der Waals surface area contributed by atoms with Crippen LogP contribution in [0.25, 0.3) is 0 Å². The van der Waals surface area contributed by atoms with E-state index in [2.05, 4.69) is 33.0 Å². The topological polar surface area (TPSA) is 21.3 Å². The molecule has 2 heteroatoms. The smallest absolute Gasteiger partial charge is 0.0583 e. The second-order valence-corrected chi connectivity index (χ2v) is 4.90. The van der Waals surface area contributed by atoms with E-state index in [-0.39, 0.29) is 0 Å². The van der Waals surface area contributed by atoms with Crippen LogP contribution in [0.4, 0.5) is 0 Å². The predicted molar refractivity (Wildman–Crippen MR) is 65.1 cm³/mol. The average molecular weight is 213 g/mol. The SMILES string of the molecule is CCNC(C)C(CC)CC1CCC(C)O1. The van der Waals surface area contributed by atoms with Crippen LogP contribution in [0.2, 0.25) is 0 Å². The van der Waals surface area contributed by atoms with Gasteiger partial charge in [-0.3, -0.25) is 0 Å². The van der Waals surface area contributed by atoms with Crippen molar-refractivity contribution in [3.8, 4) is 0 Å². The van der Waals surface area contributed by atoms with Gasteiger partial charge in [-0.1, -0.05) is 20.3 Å². The Bertz CT molecular complexity index is 172. The lowest BCUT2D eigenvalue weighted by Crippen LogP contribution is -2.35. The Labute approximate surface area is 94.8 Å². The summed E-state index contributed by atoms with van der Waals surface area (Å²) in [5.74, 6) is 0.764. The first kappa shape index (κ1) is 13.0. The zero-order chi connectivity index (χ0) is 11.3. The van der Waals surface area contributed by atoms with Gasteiger partial charge in [0.2, 0.25) is 0 Å². The highest BCUT2D eigenvalue weighted by Gasteiger charge is 2.26. The molecule has 0 aromatic carbocycles. The third kappa shape index (κ3) is 4.12. The lowest BCUT2D eigenvalue weighted by atomic mass is 9.91. The van der Waals surface area contributed by atoms with Gasteiger partial charge in [0.25, 0.3) is 0 Å². The number of ether oxygens (including phenoxy) is 1. The van der Waals surface area contributed by atoms with E-state index in [4.69, 9.17) is 4.74 Å². The van der Waals surface area contributed by atoms with Gasteiger partial charge < -0.3 is 10.1 Å². The molecular formula is C13H27NO. The molecule has 0 aliphatic carbocycles. The lowest BCUT2D eigenvalue weighted by molar-refractivity contribution is 0.0370. The van der Waals surface area contributed by atoms with Crippen LogP contribution in [0, 0.1) is 5.92 Å². The van der Waals surface area contributed by atoms with Crippen molar-refractivity contribution >= 4 is 0 Å². The third-order valence-electron chi connectivity index (χ3n) is 3.64. The van der Waals surface area contributed by atoms with Gasteiger partial charge in [0.05, 0.1) is 12.2 Å². The molecule has 1 heterocycles. The van der Waals surface area contributed by atoms with Gasteiger partial charge in [-0.2, -0.15) is 0 Å². The van der Waals surface area contributed by atoms with Gasteiger partial charge in [0.1, 0.15) is 0 Å². The van der Waals surface area contributed by atoms with Gasteiger partial charge >= 0.3 is 0 Å². The van der Waals surface area contributed by atoms with Crippen molar-refractivity contribution < 1.29 is 4.74 Å². The minimum absolute atomic E-state index is 0.488. The number of hydrogen-bond acceptors (Lipinski definition) is 2. The van der Waals surface area contributed by atoms with E-state index in [0.29, 0.717) is 18.2 Å². The summed E-state index contributed by atoms with van der Waals surface area (Å²) in [4.78, 5) is 0. The summed E-state index contributed by atoms with van der Waals surface area (Å²) in [7, 11) is 0. The molecule has 1 aliphatic heterocycles. The maximum Gasteiger partial charge on any atom is 0.0583 e. The first-order chi connectivity index (χ1) is 7.17. The van der Waals surface area contributed by atoms with Gasteiger partial charge in [0.15, 0.2) is 0 Å². The number of rotatable bonds is 6. The first-order valence-electron chi connectivity index (χ1n) is 6.56. The second-order valence-electron chi connectivity index (χ2n) is 4.90. The van der Waals surface area contributed by atoms with Crippen LogP contribution in [0.3, 0.4) is 0 Å². The van der Waals surface area contributed by atoms with Crippen molar-refractivity contribution in [1.29, 1.82) is 0 Å². The summed E-state index contributed by atoms with van der Waals surface area (Å²) in [6.07, 6.45) is 6.00. The van der Waals surface area contributed by atoms with Crippen molar-refractivity contribution in [3.63, 3.8) is 0 Å². The maximum atomic E-state index is 5.89. The molecule has 0 aromatic heterocycles. The van der Waals surface area contributed by atoms with Crippen molar-refractivity contribution in [2.45, 2.75) is 71.6 Å². The Kier molecular flexibility index (Phi) is 5.62. The standard InChI is InChI=1S/C13H27NO/c1-5-12(11(4)14-6-2)9-13-8-7-10(3)15-13/h10-14H,5-9H2,1-4H3. The molecule has 1 aliphatic rings. The molecule has 2 nitrogen and oxygen atoms in total. The molecule has 90 valence electrons. The molecule has 0 spiro atoms. The fourth-order valence-corrected chi connectivity index (χ4v) is 2.61. The van der Waals surface area contributed by atoms with Crippen LogP contribution >= 0.6 is 0 Å². The van der Waals surface area contributed by atoms with E-state index in [1.54, 1.807) is 0 Å². The molecule has 4 atom stereocenters. The van der Waals surface area contributed by atoms with E-state index in [1.165, 1.54) is 25.7 Å². The summed E-state index contributed by atoms with van der Waals surface area (Å²) in [5.41, 5.74) is 0. The lowest BCUT2D eigenvalue weighted by Gasteiger charge is -2.26. The van der Waals surface area contributed by atoms with Crippen LogP contribution in [-0.4, -0.2) is 24.8 Å². The highest BCUT2D eigenvalue weighted by molar-refractivity contribution is 4.78. The molecule has 15 heavy (non-hydrogen) atoms. The van der Waals surface area contributed by atoms with Gasteiger partial charge in [-0.15, -0.1) is 0 Å². The molecule has 1 rings (SSSR count). The summed E-state index contributed by atoms with van der Waals surface area (Å²) in [6.45, 7) is 10.0. The second kappa shape index (κ2) is 6.49. The zero-order valence-corrected chi connectivity index (χ0v) is 10.8. The zero-order valence-electron chi connectivity index (χ0n) is 10.8. The number of hydrogen-bond donors (Lipinski definition) is 1. The average Bonchev–Trinajstić information content (AvgIpc) is 2.61. The summed E-state index contributed by atoms with van der Waals surface area (Å²) in [5, 5.41) is 3.53. The molecule has 0 saturated carbocycles. The van der Waals surface area contributed by atoms with Crippen molar-refractivity contribution in [1.82, 2.24) is 5.32 Å². The fourth-order valence-electron chi connectivity index (χ4n) is 2.61. The number of nitrogens with one attached hydrogen (secondary N) is 1. The fraction of sp³-hybridized carbons (Fsp3) is 1.00. The predicted octanol–water partition coefficient (Wildman–Crippen LogP) is 2.97. The summed E-state index contributed by atoms with van der Waals surface area (Å²) in [6, 6.07) is 0.625. The van der Waals surface area contributed by atoms with Crippen molar-refractivity contribution in [3.05, 3.63) is 0 Å². The van der Waals surface area contributed by atoms with E-state index < -0.39 is 0 Å². The highest BCUT2D eigenvalue weighted by atomic mass is 16.5. The van der Waals surface area contributed by atoms with E-state index in [9.17, 15) is 0 Å². The molecule has 1 N–H and O–H groups in total. The van der Waals surface area contributed by atoms with Crippen LogP contribution in [0.15, 0.2) is 0 Å². The molecule has 0 radical (unpaired) electrons. The van der Waals surface area contributed by atoms with Crippen molar-refractivity contribution in [2.24, 2.45) is 5.92 Å². The van der Waals surface area contributed by atoms with Gasteiger partial charge in [0, 0.05) is 6.04 Å². The Morgan fingerprint density at radius 2 is 2.07 bits per heavy atom. The van der Waals surface area contributed by atoms with Crippen molar-refractivity contribution in [2.75, 3.05) is 6.54 Å². The van der Waals surface area contributed by atoms with Crippen LogP contribution < -0.4 is 5.32 Å². The molecular weight excluding hydrogens is 186 g/mol. The Morgan fingerprint density at radius 3 is 2.53 bits per heavy atom. The largest absolute Gasteiger partial charge is 0.375 e. The van der Waals surface area contributed by atoms with Gasteiger partial charge in [-0.25, -0.2) is 0 Å². The molecule has 1 saturated heterocycles. The van der Waals surface area contributed by atoms with E-state index in [0.717, 1.165) is 12.5 Å². The normalized spacial score (nSPS) is 30.4. The molecule has 0 aromatic rings. The minimum atomic E-state index is 0.488. The Hall–Kier alpha value is -0.0800. The molecule has 0 amide bonds. The van der Waals surface area contributed by atoms with Crippen LogP contribution in [0.1, 0.15) is 53.4 Å². The van der Waals surface area contributed by atoms with E-state index in [1.807, 2.05) is 0 Å². The van der Waals surface area contributed by atoms with Crippen LogP contribution in [-0.2, 0) is 4.74 Å². The first-order valence-corrected chi connectivity index (χ1v) is 6.56. The third-order valence-corrected chi connectivity index (χ3v) is 3.64. The summed E-state index contributed by atoms with van der Waals surface area (Å²) < 4.78 is 5.89. The monoisotopic (exact) mass is 213 g/mol. The molecule has 1 fully saturated rings. The maximum absolute atomic E-state index is 5.89. The van der Waals surface area contributed by atoms with Gasteiger partial charge in [-0.05, 0) is 45.6 Å². The quantitative estimate of drug-likeness (QED) is 0.732. The van der Waals surface area contributed by atoms with Crippen LogP contribution in [0.5, 0.6) is 0 Å². The summed E-state index contributed by atoms with van der Waals surface area (Å²) >= 11 is 0. The highest BCUT2D eigenvalue weighted by Crippen LogP contribution is 2.27. The molecule has 0 bridgehead atoms. The minimum Gasteiger partial charge on any atom is -0.375 e. The molecule has 4 unspecified atom stereocenters. The Balaban J connectivity index is 2.32.